The van der Waals surface area contributed by atoms with Crippen molar-refractivity contribution in [2.24, 2.45) is 0 Å². The Bertz CT molecular complexity index is 493. The van der Waals surface area contributed by atoms with Gasteiger partial charge in [-0.15, -0.1) is 0 Å². The summed E-state index contributed by atoms with van der Waals surface area (Å²) in [7, 11) is 3.72. The van der Waals surface area contributed by atoms with E-state index in [-0.39, 0.29) is 11.9 Å². The smallest absolute Gasteiger partial charge is 0.254 e. The van der Waals surface area contributed by atoms with Crippen molar-refractivity contribution >= 4 is 21.8 Å². The van der Waals surface area contributed by atoms with Crippen LogP contribution in [0.3, 0.4) is 0 Å². The van der Waals surface area contributed by atoms with Crippen LogP contribution in [-0.2, 0) is 0 Å². The van der Waals surface area contributed by atoms with Crippen LogP contribution in [0.5, 0.6) is 5.75 Å². The van der Waals surface area contributed by atoms with E-state index in [0.29, 0.717) is 5.56 Å². The van der Waals surface area contributed by atoms with E-state index in [9.17, 15) is 4.79 Å². The van der Waals surface area contributed by atoms with Gasteiger partial charge < -0.3 is 14.5 Å². The van der Waals surface area contributed by atoms with Crippen molar-refractivity contribution in [3.63, 3.8) is 0 Å². The highest BCUT2D eigenvalue weighted by Gasteiger charge is 2.25. The molecule has 1 aromatic carbocycles. The largest absolute Gasteiger partial charge is 0.496 e. The van der Waals surface area contributed by atoms with Gasteiger partial charge in [-0.05, 0) is 61.1 Å². The normalized spacial score (nSPS) is 20.6. The van der Waals surface area contributed by atoms with E-state index in [2.05, 4.69) is 34.8 Å². The molecule has 1 aromatic rings. The number of halogens is 1. The van der Waals surface area contributed by atoms with Gasteiger partial charge in [0.15, 0.2) is 0 Å². The van der Waals surface area contributed by atoms with Gasteiger partial charge in [0, 0.05) is 24.7 Å². The zero-order valence-electron chi connectivity index (χ0n) is 12.2. The molecule has 1 aliphatic rings. The SMILES string of the molecule is COc1ccc(C(=O)N2CCCN(C)CC2C)cc1Br. The molecule has 110 valence electrons. The van der Waals surface area contributed by atoms with Crippen LogP contribution in [0.4, 0.5) is 0 Å². The summed E-state index contributed by atoms with van der Waals surface area (Å²) in [5, 5.41) is 0. The van der Waals surface area contributed by atoms with E-state index < -0.39 is 0 Å². The molecule has 0 aliphatic carbocycles. The summed E-state index contributed by atoms with van der Waals surface area (Å²) < 4.78 is 6.01. The van der Waals surface area contributed by atoms with Gasteiger partial charge in [0.05, 0.1) is 11.6 Å². The quantitative estimate of drug-likeness (QED) is 0.829. The monoisotopic (exact) mass is 340 g/mol. The Labute approximate surface area is 128 Å². The van der Waals surface area contributed by atoms with E-state index >= 15 is 0 Å². The maximum Gasteiger partial charge on any atom is 0.254 e. The molecule has 0 radical (unpaired) electrons. The number of ether oxygens (including phenoxy) is 1. The first-order valence-corrected chi connectivity index (χ1v) is 7.65. The zero-order chi connectivity index (χ0) is 14.7. The number of amides is 1. The number of carbonyl (C=O) groups is 1. The minimum absolute atomic E-state index is 0.0937. The van der Waals surface area contributed by atoms with Crippen molar-refractivity contribution in [1.82, 2.24) is 9.80 Å². The van der Waals surface area contributed by atoms with Gasteiger partial charge in [-0.1, -0.05) is 0 Å². The number of methoxy groups -OCH3 is 1. The fraction of sp³-hybridized carbons (Fsp3) is 0.533. The summed E-state index contributed by atoms with van der Waals surface area (Å²) >= 11 is 3.44. The lowest BCUT2D eigenvalue weighted by Crippen LogP contribution is -2.42. The Morgan fingerprint density at radius 2 is 2.15 bits per heavy atom. The molecule has 1 fully saturated rings. The Kier molecular flexibility index (Phi) is 5.05. The highest BCUT2D eigenvalue weighted by atomic mass is 79.9. The summed E-state index contributed by atoms with van der Waals surface area (Å²) in [6, 6.07) is 5.72. The van der Waals surface area contributed by atoms with Gasteiger partial charge in [0.25, 0.3) is 5.91 Å². The van der Waals surface area contributed by atoms with Crippen LogP contribution in [0.2, 0.25) is 0 Å². The molecule has 0 saturated carbocycles. The average molecular weight is 341 g/mol. The molecule has 5 heteroatoms. The van der Waals surface area contributed by atoms with Crippen LogP contribution in [0.25, 0.3) is 0 Å². The standard InChI is InChI=1S/C15H21BrN2O2/c1-11-10-17(2)7-4-8-18(11)15(19)12-5-6-14(20-3)13(16)9-12/h5-6,9,11H,4,7-8,10H2,1-3H3. The summed E-state index contributed by atoms with van der Waals surface area (Å²) in [5.74, 6) is 0.835. The molecule has 1 atom stereocenters. The molecule has 2 rings (SSSR count). The minimum Gasteiger partial charge on any atom is -0.496 e. The third kappa shape index (κ3) is 3.33. The topological polar surface area (TPSA) is 32.8 Å². The Hall–Kier alpha value is -1.07. The van der Waals surface area contributed by atoms with Gasteiger partial charge >= 0.3 is 0 Å². The van der Waals surface area contributed by atoms with Crippen molar-refractivity contribution < 1.29 is 9.53 Å². The van der Waals surface area contributed by atoms with Crippen LogP contribution < -0.4 is 4.74 Å². The number of likely N-dealkylation sites (N-methyl/N-ethyl adjacent to an activating group) is 1. The molecule has 1 unspecified atom stereocenters. The molecule has 1 aliphatic heterocycles. The van der Waals surface area contributed by atoms with Crippen LogP contribution in [0, 0.1) is 0 Å². The summed E-state index contributed by atoms with van der Waals surface area (Å²) in [5.41, 5.74) is 0.703. The van der Waals surface area contributed by atoms with Crippen LogP contribution >= 0.6 is 15.9 Å². The number of hydrogen-bond donors (Lipinski definition) is 0. The van der Waals surface area contributed by atoms with Crippen LogP contribution in [-0.4, -0.2) is 55.5 Å². The summed E-state index contributed by atoms with van der Waals surface area (Å²) in [4.78, 5) is 16.9. The van der Waals surface area contributed by atoms with Crippen molar-refractivity contribution in [1.29, 1.82) is 0 Å². The Balaban J connectivity index is 2.19. The summed E-state index contributed by atoms with van der Waals surface area (Å²) in [6.45, 7) is 4.88. The van der Waals surface area contributed by atoms with Gasteiger partial charge in [0.2, 0.25) is 0 Å². The van der Waals surface area contributed by atoms with Crippen LogP contribution in [0.1, 0.15) is 23.7 Å². The van der Waals surface area contributed by atoms with E-state index in [4.69, 9.17) is 4.74 Å². The predicted molar refractivity (Wildman–Crippen MR) is 83.3 cm³/mol. The minimum atomic E-state index is 0.0937. The molecule has 0 N–H and O–H groups in total. The first-order valence-electron chi connectivity index (χ1n) is 6.86. The number of rotatable bonds is 2. The molecule has 4 nitrogen and oxygen atoms in total. The van der Waals surface area contributed by atoms with Gasteiger partial charge in [0.1, 0.15) is 5.75 Å². The van der Waals surface area contributed by atoms with E-state index in [1.807, 2.05) is 23.1 Å². The highest BCUT2D eigenvalue weighted by Crippen LogP contribution is 2.26. The molecule has 0 aromatic heterocycles. The number of benzene rings is 1. The van der Waals surface area contributed by atoms with E-state index in [1.165, 1.54) is 0 Å². The molecular formula is C15H21BrN2O2. The average Bonchev–Trinajstić information content (AvgIpc) is 2.58. The lowest BCUT2D eigenvalue weighted by Gasteiger charge is -2.28. The number of carbonyl (C=O) groups excluding carboxylic acids is 1. The lowest BCUT2D eigenvalue weighted by atomic mass is 10.1. The maximum atomic E-state index is 12.7. The third-order valence-corrected chi connectivity index (χ3v) is 4.33. The van der Waals surface area contributed by atoms with E-state index in [1.54, 1.807) is 7.11 Å². The molecule has 1 saturated heterocycles. The van der Waals surface area contributed by atoms with E-state index in [0.717, 1.165) is 36.3 Å². The van der Waals surface area contributed by atoms with Crippen molar-refractivity contribution in [2.45, 2.75) is 19.4 Å². The van der Waals surface area contributed by atoms with Gasteiger partial charge in [-0.3, -0.25) is 4.79 Å². The van der Waals surface area contributed by atoms with Gasteiger partial charge in [-0.2, -0.15) is 0 Å². The molecular weight excluding hydrogens is 320 g/mol. The van der Waals surface area contributed by atoms with Crippen molar-refractivity contribution in [3.05, 3.63) is 28.2 Å². The highest BCUT2D eigenvalue weighted by molar-refractivity contribution is 9.10. The molecule has 0 spiro atoms. The second-order valence-electron chi connectivity index (χ2n) is 5.31. The van der Waals surface area contributed by atoms with Gasteiger partial charge in [-0.25, -0.2) is 0 Å². The molecule has 1 heterocycles. The number of nitrogens with zero attached hydrogens (tertiary/aromatic N) is 2. The second-order valence-corrected chi connectivity index (χ2v) is 6.17. The zero-order valence-corrected chi connectivity index (χ0v) is 13.8. The predicted octanol–water partition coefficient (Wildman–Crippen LogP) is 2.62. The van der Waals surface area contributed by atoms with Crippen molar-refractivity contribution in [2.75, 3.05) is 33.8 Å². The van der Waals surface area contributed by atoms with Crippen LogP contribution in [0.15, 0.2) is 22.7 Å². The Morgan fingerprint density at radius 3 is 2.80 bits per heavy atom. The lowest BCUT2D eigenvalue weighted by molar-refractivity contribution is 0.0696. The first-order chi connectivity index (χ1) is 9.52. The Morgan fingerprint density at radius 1 is 1.40 bits per heavy atom. The first kappa shape index (κ1) is 15.3. The third-order valence-electron chi connectivity index (χ3n) is 3.71. The molecule has 1 amide bonds. The summed E-state index contributed by atoms with van der Waals surface area (Å²) in [6.07, 6.45) is 1.02. The number of hydrogen-bond acceptors (Lipinski definition) is 3. The molecule has 0 bridgehead atoms. The second kappa shape index (κ2) is 6.59. The maximum absolute atomic E-state index is 12.7. The van der Waals surface area contributed by atoms with Crippen molar-refractivity contribution in [3.8, 4) is 5.75 Å². The fourth-order valence-electron chi connectivity index (χ4n) is 2.64. The molecule has 20 heavy (non-hydrogen) atoms. The fourth-order valence-corrected chi connectivity index (χ4v) is 3.18.